The van der Waals surface area contributed by atoms with Gasteiger partial charge in [0.25, 0.3) is 0 Å². The van der Waals surface area contributed by atoms with Crippen molar-refractivity contribution < 1.29 is 0 Å². The van der Waals surface area contributed by atoms with Crippen molar-refractivity contribution in [1.29, 1.82) is 0 Å². The van der Waals surface area contributed by atoms with E-state index >= 15 is 0 Å². The summed E-state index contributed by atoms with van der Waals surface area (Å²) in [6.07, 6.45) is 7.26. The maximum absolute atomic E-state index is 2.77. The topological polar surface area (TPSA) is 6.48 Å². The molecule has 1 aliphatic carbocycles. The van der Waals surface area contributed by atoms with Gasteiger partial charge in [-0.3, -0.25) is 0 Å². The summed E-state index contributed by atoms with van der Waals surface area (Å²) in [5.41, 5.74) is 17.4. The number of benzene rings is 4. The zero-order chi connectivity index (χ0) is 30.9. The Morgan fingerprint density at radius 2 is 1.18 bits per heavy atom. The summed E-state index contributed by atoms with van der Waals surface area (Å²) >= 11 is 0. The highest BCUT2D eigenvalue weighted by Crippen LogP contribution is 2.65. The number of nitrogens with zero attached hydrogens (tertiary/aromatic N) is 2. The normalized spacial score (nSPS) is 22.3. The van der Waals surface area contributed by atoms with Crippen LogP contribution in [-0.4, -0.2) is 6.04 Å². The highest BCUT2D eigenvalue weighted by Gasteiger charge is 2.57. The van der Waals surface area contributed by atoms with Crippen molar-refractivity contribution in [2.24, 2.45) is 5.92 Å². The molecule has 3 aliphatic heterocycles. The third-order valence-electron chi connectivity index (χ3n) is 11.4. The minimum atomic E-state index is -0.159. The van der Waals surface area contributed by atoms with Gasteiger partial charge in [0.15, 0.2) is 0 Å². The molecule has 44 heavy (non-hydrogen) atoms. The van der Waals surface area contributed by atoms with Crippen LogP contribution in [-0.2, 0) is 16.2 Å². The maximum atomic E-state index is 2.77. The third-order valence-corrected chi connectivity index (χ3v) is 11.4. The van der Waals surface area contributed by atoms with E-state index in [1.54, 1.807) is 5.57 Å². The second-order valence-corrected chi connectivity index (χ2v) is 15.4. The van der Waals surface area contributed by atoms with Crippen molar-refractivity contribution in [3.63, 3.8) is 0 Å². The van der Waals surface area contributed by atoms with E-state index in [4.69, 9.17) is 0 Å². The number of rotatable bonds is 3. The van der Waals surface area contributed by atoms with E-state index in [-0.39, 0.29) is 16.2 Å². The molecule has 222 valence electrons. The summed E-state index contributed by atoms with van der Waals surface area (Å²) in [5, 5.41) is 0. The molecule has 2 heteroatoms. The highest BCUT2D eigenvalue weighted by molar-refractivity contribution is 5.91. The van der Waals surface area contributed by atoms with E-state index in [1.165, 1.54) is 67.4 Å². The first-order valence-electron chi connectivity index (χ1n) is 16.3. The van der Waals surface area contributed by atoms with Crippen molar-refractivity contribution in [2.45, 2.75) is 84.6 Å². The summed E-state index contributed by atoms with van der Waals surface area (Å²) in [6.45, 7) is 21.4. The molecule has 0 bridgehead atoms. The molecule has 4 aromatic rings. The zero-order valence-electron chi connectivity index (χ0n) is 27.7. The molecule has 8 rings (SSSR count). The Morgan fingerprint density at radius 1 is 0.591 bits per heavy atom. The minimum Gasteiger partial charge on any atom is -0.332 e. The summed E-state index contributed by atoms with van der Waals surface area (Å²) in [7, 11) is 0. The molecule has 0 spiro atoms. The first kappa shape index (κ1) is 27.5. The van der Waals surface area contributed by atoms with Crippen molar-refractivity contribution in [1.82, 2.24) is 0 Å². The van der Waals surface area contributed by atoms with Gasteiger partial charge in [0.1, 0.15) is 0 Å². The van der Waals surface area contributed by atoms with Gasteiger partial charge < -0.3 is 9.80 Å². The predicted octanol–water partition coefficient (Wildman–Crippen LogP) is 10.9. The van der Waals surface area contributed by atoms with Crippen LogP contribution < -0.4 is 9.80 Å². The first-order chi connectivity index (χ1) is 20.8. The summed E-state index contributed by atoms with van der Waals surface area (Å²) in [4.78, 5) is 5.26. The predicted molar refractivity (Wildman–Crippen MR) is 187 cm³/mol. The zero-order valence-corrected chi connectivity index (χ0v) is 27.7. The van der Waals surface area contributed by atoms with Crippen LogP contribution in [0.5, 0.6) is 0 Å². The highest BCUT2D eigenvalue weighted by atomic mass is 15.2. The lowest BCUT2D eigenvalue weighted by molar-refractivity contribution is 0.297. The molecule has 0 saturated heterocycles. The van der Waals surface area contributed by atoms with Gasteiger partial charge >= 0.3 is 0 Å². The maximum Gasteiger partial charge on any atom is 0.0634 e. The van der Waals surface area contributed by atoms with E-state index in [1.807, 2.05) is 0 Å². The van der Waals surface area contributed by atoms with Gasteiger partial charge in [-0.1, -0.05) is 102 Å². The number of para-hydroxylation sites is 1. The fourth-order valence-corrected chi connectivity index (χ4v) is 9.07. The molecule has 2 unspecified atom stereocenters. The second-order valence-electron chi connectivity index (χ2n) is 15.4. The standard InChI is InChI=1S/C42H44N2/c1-25-16-18-28(19-17-25)43(29-21-26(2)20-27(3)22-29)30-23-35-39-36(24-30)42(8,9)34-15-11-13-32-38(34)44(39)37-31(40(32,4)5)12-10-14-33(37)41(35,6)7/h10-24,33,37H,1-9H3. The fourth-order valence-electron chi connectivity index (χ4n) is 9.07. The van der Waals surface area contributed by atoms with Crippen LogP contribution >= 0.6 is 0 Å². The van der Waals surface area contributed by atoms with Crippen LogP contribution in [0, 0.1) is 26.7 Å². The van der Waals surface area contributed by atoms with E-state index in [0.29, 0.717) is 12.0 Å². The Kier molecular flexibility index (Phi) is 5.49. The van der Waals surface area contributed by atoms with E-state index in [2.05, 4.69) is 163 Å². The monoisotopic (exact) mass is 576 g/mol. The van der Waals surface area contributed by atoms with Crippen LogP contribution in [0.25, 0.3) is 0 Å². The van der Waals surface area contributed by atoms with Crippen LogP contribution in [0.15, 0.2) is 96.6 Å². The van der Waals surface area contributed by atoms with Gasteiger partial charge in [0.05, 0.1) is 6.04 Å². The smallest absolute Gasteiger partial charge is 0.0634 e. The van der Waals surface area contributed by atoms with E-state index < -0.39 is 0 Å². The molecule has 0 fully saturated rings. The molecule has 4 aromatic carbocycles. The Morgan fingerprint density at radius 3 is 1.86 bits per heavy atom. The quantitative estimate of drug-likeness (QED) is 0.239. The Labute approximate surface area is 263 Å². The summed E-state index contributed by atoms with van der Waals surface area (Å²) in [5.74, 6) is 0.369. The molecule has 0 aromatic heterocycles. The average molecular weight is 577 g/mol. The Balaban J connectivity index is 1.47. The summed E-state index contributed by atoms with van der Waals surface area (Å²) < 4.78 is 0. The lowest BCUT2D eigenvalue weighted by Gasteiger charge is -2.62. The van der Waals surface area contributed by atoms with Gasteiger partial charge in [-0.2, -0.15) is 0 Å². The minimum absolute atomic E-state index is 0.0259. The number of allylic oxidation sites excluding steroid dienone is 2. The second kappa shape index (κ2) is 8.78. The third kappa shape index (κ3) is 3.49. The molecule has 2 nitrogen and oxygen atoms in total. The SMILES string of the molecule is Cc1ccc(N(c2cc(C)cc(C)c2)c2cc3c4c(c2)C(C)(C)C2C=CC=C5C2N4c2c(cccc2C3(C)C)C5(C)C)cc1. The molecule has 0 radical (unpaired) electrons. The van der Waals surface area contributed by atoms with Gasteiger partial charge in [-0.25, -0.2) is 0 Å². The van der Waals surface area contributed by atoms with Gasteiger partial charge in [0, 0.05) is 50.6 Å². The lowest BCUT2D eigenvalue weighted by Crippen LogP contribution is -2.59. The van der Waals surface area contributed by atoms with Crippen molar-refractivity contribution in [2.75, 3.05) is 9.80 Å². The number of anilines is 5. The molecule has 3 heterocycles. The van der Waals surface area contributed by atoms with Crippen LogP contribution in [0.2, 0.25) is 0 Å². The van der Waals surface area contributed by atoms with Gasteiger partial charge in [0.2, 0.25) is 0 Å². The van der Waals surface area contributed by atoms with E-state index in [9.17, 15) is 0 Å². The number of aryl methyl sites for hydroxylation is 3. The van der Waals surface area contributed by atoms with Gasteiger partial charge in [-0.15, -0.1) is 0 Å². The van der Waals surface area contributed by atoms with Gasteiger partial charge in [-0.05, 0) is 96.1 Å². The largest absolute Gasteiger partial charge is 0.332 e. The summed E-state index contributed by atoms with van der Waals surface area (Å²) in [6, 6.07) is 28.4. The molecular weight excluding hydrogens is 532 g/mol. The van der Waals surface area contributed by atoms with Crippen LogP contribution in [0.4, 0.5) is 28.4 Å². The molecular formula is C42H44N2. The number of hydrogen-bond donors (Lipinski definition) is 0. The fraction of sp³-hybridized carbons (Fsp3) is 0.333. The molecule has 4 aliphatic rings. The van der Waals surface area contributed by atoms with Crippen LogP contribution in [0.3, 0.4) is 0 Å². The van der Waals surface area contributed by atoms with E-state index in [0.717, 1.165) is 0 Å². The average Bonchev–Trinajstić information content (AvgIpc) is 2.97. The molecule has 0 saturated carbocycles. The van der Waals surface area contributed by atoms with Crippen LogP contribution in [0.1, 0.15) is 80.5 Å². The van der Waals surface area contributed by atoms with Crippen molar-refractivity contribution in [3.8, 4) is 0 Å². The Bertz CT molecular complexity index is 1910. The molecule has 0 amide bonds. The lowest BCUT2D eigenvalue weighted by atomic mass is 9.54. The number of hydrogen-bond acceptors (Lipinski definition) is 2. The first-order valence-corrected chi connectivity index (χ1v) is 16.3. The Hall–Kier alpha value is -4.04. The van der Waals surface area contributed by atoms with Crippen molar-refractivity contribution in [3.05, 3.63) is 136 Å². The molecule has 2 atom stereocenters. The van der Waals surface area contributed by atoms with Crippen molar-refractivity contribution >= 4 is 28.4 Å². The molecule has 0 N–H and O–H groups in total.